The van der Waals surface area contributed by atoms with E-state index in [9.17, 15) is 13.6 Å². The lowest BCUT2D eigenvalue weighted by Crippen LogP contribution is -2.22. The van der Waals surface area contributed by atoms with Crippen molar-refractivity contribution in [2.75, 3.05) is 0 Å². The molecule has 0 fully saturated rings. The smallest absolute Gasteiger partial charge is 0.305 e. The zero-order chi connectivity index (χ0) is 18.1. The number of aromatic nitrogens is 2. The highest BCUT2D eigenvalue weighted by atomic mass is 32.1. The topological polar surface area (TPSA) is 73.2 Å². The average Bonchev–Trinajstić information content (AvgIpc) is 2.88. The second-order valence-corrected chi connectivity index (χ2v) is 6.60. The predicted octanol–water partition coefficient (Wildman–Crippen LogP) is 2.96. The lowest BCUT2D eigenvalue weighted by atomic mass is 9.87. The van der Waals surface area contributed by atoms with Crippen molar-refractivity contribution in [1.29, 1.82) is 0 Å². The summed E-state index contributed by atoms with van der Waals surface area (Å²) in [6, 6.07) is 2.24. The molecule has 0 bridgehead atoms. The Hall–Kier alpha value is -2.06. The number of nitrogens with zero attached hydrogens (tertiary/aromatic N) is 2. The maximum atomic E-state index is 13.9. The molecule has 0 unspecified atom stereocenters. The van der Waals surface area contributed by atoms with E-state index in [0.29, 0.717) is 35.2 Å². The minimum Gasteiger partial charge on any atom is -0.481 e. The fourth-order valence-electron chi connectivity index (χ4n) is 3.48. The van der Waals surface area contributed by atoms with Crippen LogP contribution in [0.15, 0.2) is 18.3 Å². The van der Waals surface area contributed by atoms with Crippen LogP contribution in [0.4, 0.5) is 8.78 Å². The first-order chi connectivity index (χ1) is 11.9. The number of imidazole rings is 1. The highest BCUT2D eigenvalue weighted by Gasteiger charge is 2.25. The van der Waals surface area contributed by atoms with E-state index in [4.69, 9.17) is 23.1 Å². The molecular formula is C17H19F2N3O2S. The highest BCUT2D eigenvalue weighted by molar-refractivity contribution is 7.71. The summed E-state index contributed by atoms with van der Waals surface area (Å²) in [5, 5.41) is 8.86. The second kappa shape index (κ2) is 7.05. The largest absolute Gasteiger partial charge is 0.481 e. The van der Waals surface area contributed by atoms with Gasteiger partial charge >= 0.3 is 5.97 Å². The molecule has 1 aromatic carbocycles. The van der Waals surface area contributed by atoms with E-state index in [2.05, 4.69) is 0 Å². The summed E-state index contributed by atoms with van der Waals surface area (Å²) in [6.07, 6.45) is 3.37. The van der Waals surface area contributed by atoms with Crippen molar-refractivity contribution in [3.8, 4) is 0 Å². The molecule has 0 spiro atoms. The van der Waals surface area contributed by atoms with Crippen molar-refractivity contribution in [3.05, 3.63) is 51.6 Å². The number of aliphatic carboxylic acids is 1. The number of halogens is 2. The SMILES string of the molecule is NCc1cn(CCC(=O)O)c(=S)n1[C@H]1CCc2c(F)cc(F)cc2C1. The normalized spacial score (nSPS) is 16.7. The van der Waals surface area contributed by atoms with Gasteiger partial charge in [-0.3, -0.25) is 4.79 Å². The molecule has 5 nitrogen and oxygen atoms in total. The Bertz CT molecular complexity index is 876. The van der Waals surface area contributed by atoms with Crippen molar-refractivity contribution in [2.24, 2.45) is 5.73 Å². The fourth-order valence-corrected chi connectivity index (χ4v) is 3.89. The predicted molar refractivity (Wildman–Crippen MR) is 90.8 cm³/mol. The fraction of sp³-hybridized carbons (Fsp3) is 0.412. The van der Waals surface area contributed by atoms with Gasteiger partial charge in [-0.05, 0) is 48.7 Å². The van der Waals surface area contributed by atoms with Crippen LogP contribution in [0.2, 0.25) is 0 Å². The van der Waals surface area contributed by atoms with Gasteiger partial charge in [-0.15, -0.1) is 0 Å². The van der Waals surface area contributed by atoms with Crippen molar-refractivity contribution >= 4 is 18.2 Å². The van der Waals surface area contributed by atoms with E-state index < -0.39 is 17.6 Å². The monoisotopic (exact) mass is 367 g/mol. The van der Waals surface area contributed by atoms with Crippen molar-refractivity contribution in [3.63, 3.8) is 0 Å². The van der Waals surface area contributed by atoms with Gasteiger partial charge in [-0.2, -0.15) is 0 Å². The van der Waals surface area contributed by atoms with Crippen LogP contribution >= 0.6 is 12.2 Å². The van der Waals surface area contributed by atoms with Crippen LogP contribution in [0, 0.1) is 16.4 Å². The first kappa shape index (κ1) is 17.8. The number of fused-ring (bicyclic) bond motifs is 1. The van der Waals surface area contributed by atoms with Gasteiger partial charge in [0.15, 0.2) is 4.77 Å². The number of aryl methyl sites for hydroxylation is 1. The van der Waals surface area contributed by atoms with Crippen molar-refractivity contribution in [2.45, 2.75) is 44.8 Å². The average molecular weight is 367 g/mol. The van der Waals surface area contributed by atoms with Gasteiger partial charge in [-0.25, -0.2) is 8.78 Å². The van der Waals surface area contributed by atoms with Gasteiger partial charge in [0, 0.05) is 31.4 Å². The minimum absolute atomic E-state index is 0.0355. The molecule has 8 heteroatoms. The number of nitrogens with two attached hydrogens (primary N) is 1. The third-order valence-corrected chi connectivity index (χ3v) is 5.07. The lowest BCUT2D eigenvalue weighted by molar-refractivity contribution is -0.137. The molecule has 3 rings (SSSR count). The summed E-state index contributed by atoms with van der Waals surface area (Å²) in [6.45, 7) is 0.519. The zero-order valence-corrected chi connectivity index (χ0v) is 14.4. The van der Waals surface area contributed by atoms with Crippen molar-refractivity contribution in [1.82, 2.24) is 9.13 Å². The van der Waals surface area contributed by atoms with Crippen LogP contribution in [-0.4, -0.2) is 20.2 Å². The molecule has 0 saturated heterocycles. The van der Waals surface area contributed by atoms with Gasteiger partial charge < -0.3 is 20.0 Å². The Labute approximate surface area is 148 Å². The maximum Gasteiger partial charge on any atom is 0.305 e. The second-order valence-electron chi connectivity index (χ2n) is 6.24. The molecule has 0 aliphatic heterocycles. The van der Waals surface area contributed by atoms with Crippen LogP contribution < -0.4 is 5.73 Å². The standard InChI is InChI=1S/C17H19F2N3O2S/c18-11-5-10-6-12(1-2-14(10)15(19)7-11)22-13(8-20)9-21(17(22)25)4-3-16(23)24/h5,7,9,12H,1-4,6,8,20H2,(H,23,24)/t12-/m0/s1. The Morgan fingerprint density at radius 3 is 2.84 bits per heavy atom. The number of benzene rings is 1. The van der Waals surface area contributed by atoms with Crippen LogP contribution in [0.5, 0.6) is 0 Å². The molecule has 3 N–H and O–H groups in total. The molecule has 0 amide bonds. The number of carboxylic acids is 1. The van der Waals surface area contributed by atoms with Gasteiger partial charge in [0.25, 0.3) is 0 Å². The maximum absolute atomic E-state index is 13.9. The molecule has 1 aliphatic rings. The highest BCUT2D eigenvalue weighted by Crippen LogP contribution is 2.32. The van der Waals surface area contributed by atoms with Crippen LogP contribution in [0.25, 0.3) is 0 Å². The molecule has 0 saturated carbocycles. The van der Waals surface area contributed by atoms with Gasteiger partial charge in [-0.1, -0.05) is 0 Å². The van der Waals surface area contributed by atoms with Crippen LogP contribution in [0.1, 0.15) is 35.7 Å². The quantitative estimate of drug-likeness (QED) is 0.797. The van der Waals surface area contributed by atoms with E-state index in [1.165, 1.54) is 6.07 Å². The molecule has 2 aromatic rings. The molecule has 1 aliphatic carbocycles. The molecule has 0 radical (unpaired) electrons. The molecule has 1 heterocycles. The summed E-state index contributed by atoms with van der Waals surface area (Å²) < 4.78 is 31.6. The van der Waals surface area contributed by atoms with E-state index in [-0.39, 0.29) is 25.6 Å². The van der Waals surface area contributed by atoms with Crippen LogP contribution in [-0.2, 0) is 30.7 Å². The molecular weight excluding hydrogens is 348 g/mol. The summed E-state index contributed by atoms with van der Waals surface area (Å²) in [5.41, 5.74) is 7.82. The minimum atomic E-state index is -0.901. The van der Waals surface area contributed by atoms with E-state index in [1.54, 1.807) is 10.8 Å². The Balaban J connectivity index is 1.94. The van der Waals surface area contributed by atoms with Gasteiger partial charge in [0.1, 0.15) is 11.6 Å². The lowest BCUT2D eigenvalue weighted by Gasteiger charge is -2.27. The van der Waals surface area contributed by atoms with Crippen LogP contribution in [0.3, 0.4) is 0 Å². The molecule has 1 aromatic heterocycles. The van der Waals surface area contributed by atoms with Gasteiger partial charge in [0.05, 0.1) is 12.1 Å². The van der Waals surface area contributed by atoms with Gasteiger partial charge in [0.2, 0.25) is 0 Å². The van der Waals surface area contributed by atoms with E-state index in [1.807, 2.05) is 4.57 Å². The number of hydrogen-bond acceptors (Lipinski definition) is 3. The zero-order valence-electron chi connectivity index (χ0n) is 13.5. The number of carboxylic acid groups (broad SMARTS) is 1. The van der Waals surface area contributed by atoms with E-state index >= 15 is 0 Å². The Morgan fingerprint density at radius 1 is 1.40 bits per heavy atom. The number of carbonyl (C=O) groups is 1. The van der Waals surface area contributed by atoms with E-state index in [0.717, 1.165) is 11.8 Å². The summed E-state index contributed by atoms with van der Waals surface area (Å²) in [5.74, 6) is -1.99. The summed E-state index contributed by atoms with van der Waals surface area (Å²) >= 11 is 5.49. The summed E-state index contributed by atoms with van der Waals surface area (Å²) in [7, 11) is 0. The Morgan fingerprint density at radius 2 is 2.16 bits per heavy atom. The first-order valence-corrected chi connectivity index (χ1v) is 8.50. The molecule has 1 atom stereocenters. The first-order valence-electron chi connectivity index (χ1n) is 8.10. The van der Waals surface area contributed by atoms with Crippen molar-refractivity contribution < 1.29 is 18.7 Å². The third-order valence-electron chi connectivity index (χ3n) is 4.64. The Kier molecular flexibility index (Phi) is 5.01. The molecule has 134 valence electrons. The number of hydrogen-bond donors (Lipinski definition) is 2. The number of rotatable bonds is 5. The molecule has 25 heavy (non-hydrogen) atoms. The summed E-state index contributed by atoms with van der Waals surface area (Å²) in [4.78, 5) is 10.8. The third kappa shape index (κ3) is 3.50.